The van der Waals surface area contributed by atoms with Gasteiger partial charge in [0.05, 0.1) is 6.26 Å². The Labute approximate surface area is 133 Å². The number of carbonyl (C=O) groups excluding carboxylic acids is 1. The lowest BCUT2D eigenvalue weighted by Gasteiger charge is -2.14. The molecule has 0 atom stereocenters. The van der Waals surface area contributed by atoms with E-state index in [1.807, 2.05) is 12.1 Å². The van der Waals surface area contributed by atoms with E-state index in [2.05, 4.69) is 29.5 Å². The predicted molar refractivity (Wildman–Crippen MR) is 88.9 cm³/mol. The monoisotopic (exact) mass is 308 g/mol. The molecule has 1 amide bonds. The third kappa shape index (κ3) is 7.71. The van der Waals surface area contributed by atoms with Crippen LogP contribution in [0, 0.1) is 5.92 Å². The van der Waals surface area contributed by atoms with E-state index in [9.17, 15) is 4.79 Å². The second kappa shape index (κ2) is 9.87. The number of nitrogens with one attached hydrogen (secondary N) is 2. The van der Waals surface area contributed by atoms with Gasteiger partial charge in [0.2, 0.25) is 5.91 Å². The van der Waals surface area contributed by atoms with Gasteiger partial charge < -0.3 is 20.0 Å². The van der Waals surface area contributed by atoms with Crippen LogP contribution in [-0.2, 0) is 11.2 Å². The first-order valence-corrected chi connectivity index (χ1v) is 7.73. The van der Waals surface area contributed by atoms with E-state index < -0.39 is 0 Å². The topological polar surface area (TPSA) is 69.9 Å². The lowest BCUT2D eigenvalue weighted by Crippen LogP contribution is -2.40. The summed E-state index contributed by atoms with van der Waals surface area (Å²) in [5.74, 6) is 2.21. The van der Waals surface area contributed by atoms with Gasteiger partial charge in [-0.3, -0.25) is 4.79 Å². The fourth-order valence-corrected chi connectivity index (χ4v) is 1.70. The summed E-state index contributed by atoms with van der Waals surface area (Å²) in [6.45, 7) is 6.04. The predicted octanol–water partition coefficient (Wildman–Crippen LogP) is 1.49. The normalized spacial score (nSPS) is 11.6. The number of guanidine groups is 1. The van der Waals surface area contributed by atoms with Crippen LogP contribution < -0.4 is 10.6 Å². The molecule has 0 aliphatic heterocycles. The Bertz CT molecular complexity index is 453. The highest BCUT2D eigenvalue weighted by Crippen LogP contribution is 1.99. The zero-order valence-corrected chi connectivity index (χ0v) is 14.1. The van der Waals surface area contributed by atoms with E-state index in [-0.39, 0.29) is 12.5 Å². The molecule has 0 aliphatic carbocycles. The average Bonchev–Trinajstić information content (AvgIpc) is 2.96. The molecule has 124 valence electrons. The molecule has 0 spiro atoms. The number of likely N-dealkylation sites (N-methyl/N-ethyl adjacent to an activating group) is 1. The maximum atomic E-state index is 11.6. The van der Waals surface area contributed by atoms with E-state index in [1.165, 1.54) is 4.90 Å². The van der Waals surface area contributed by atoms with Crippen LogP contribution >= 0.6 is 0 Å². The molecule has 22 heavy (non-hydrogen) atoms. The Hall–Kier alpha value is -1.98. The molecule has 6 heteroatoms. The minimum atomic E-state index is -0.0176. The minimum absolute atomic E-state index is 0.0176. The first-order chi connectivity index (χ1) is 10.5. The summed E-state index contributed by atoms with van der Waals surface area (Å²) >= 11 is 0. The number of hydrogen-bond donors (Lipinski definition) is 2. The van der Waals surface area contributed by atoms with Crippen molar-refractivity contribution in [3.8, 4) is 0 Å². The Morgan fingerprint density at radius 3 is 2.64 bits per heavy atom. The van der Waals surface area contributed by atoms with Crippen LogP contribution in [0.25, 0.3) is 0 Å². The quantitative estimate of drug-likeness (QED) is 0.564. The van der Waals surface area contributed by atoms with Crippen molar-refractivity contribution in [2.45, 2.75) is 26.7 Å². The van der Waals surface area contributed by atoms with E-state index in [0.29, 0.717) is 18.4 Å². The van der Waals surface area contributed by atoms with Crippen LogP contribution in [0.2, 0.25) is 0 Å². The van der Waals surface area contributed by atoms with Crippen molar-refractivity contribution in [3.63, 3.8) is 0 Å². The molecular weight excluding hydrogens is 280 g/mol. The van der Waals surface area contributed by atoms with Gasteiger partial charge in [0, 0.05) is 33.6 Å². The average molecular weight is 308 g/mol. The number of rotatable bonds is 8. The summed E-state index contributed by atoms with van der Waals surface area (Å²) in [7, 11) is 3.46. The Kier molecular flexibility index (Phi) is 8.10. The molecule has 0 saturated carbocycles. The molecule has 2 N–H and O–H groups in total. The summed E-state index contributed by atoms with van der Waals surface area (Å²) in [5.41, 5.74) is 0. The number of nitrogens with zero attached hydrogens (tertiary/aromatic N) is 2. The van der Waals surface area contributed by atoms with Crippen molar-refractivity contribution in [1.29, 1.82) is 0 Å². The van der Waals surface area contributed by atoms with Crippen molar-refractivity contribution in [1.82, 2.24) is 15.5 Å². The highest BCUT2D eigenvalue weighted by atomic mass is 16.3. The van der Waals surface area contributed by atoms with E-state index in [1.54, 1.807) is 20.4 Å². The van der Waals surface area contributed by atoms with Crippen LogP contribution in [0.3, 0.4) is 0 Å². The maximum absolute atomic E-state index is 11.6. The summed E-state index contributed by atoms with van der Waals surface area (Å²) in [6, 6.07) is 3.82. The Morgan fingerprint density at radius 1 is 1.32 bits per heavy atom. The van der Waals surface area contributed by atoms with E-state index >= 15 is 0 Å². The molecule has 6 nitrogen and oxygen atoms in total. The minimum Gasteiger partial charge on any atom is -0.469 e. The molecule has 1 rings (SSSR count). The largest absolute Gasteiger partial charge is 0.469 e. The highest BCUT2D eigenvalue weighted by molar-refractivity contribution is 5.84. The van der Waals surface area contributed by atoms with E-state index in [4.69, 9.17) is 4.42 Å². The third-order valence-electron chi connectivity index (χ3n) is 3.13. The number of aliphatic imine (C=N–C) groups is 1. The standard InChI is InChI=1S/C16H28N4O2/c1-13(2)7-9-17-16(19-12-15(21)20(3)4)18-10-8-14-6-5-11-22-14/h5-6,11,13H,7-10,12H2,1-4H3,(H2,17,18,19). The van der Waals surface area contributed by atoms with Gasteiger partial charge in [0.1, 0.15) is 12.3 Å². The van der Waals surface area contributed by atoms with Gasteiger partial charge in [-0.25, -0.2) is 4.99 Å². The smallest absolute Gasteiger partial charge is 0.243 e. The van der Waals surface area contributed by atoms with E-state index in [0.717, 1.165) is 25.1 Å². The Balaban J connectivity index is 2.45. The zero-order valence-electron chi connectivity index (χ0n) is 14.1. The van der Waals surface area contributed by atoms with Gasteiger partial charge >= 0.3 is 0 Å². The first-order valence-electron chi connectivity index (χ1n) is 7.73. The molecule has 0 bridgehead atoms. The number of furan rings is 1. The van der Waals surface area contributed by atoms with Crippen molar-refractivity contribution < 1.29 is 9.21 Å². The maximum Gasteiger partial charge on any atom is 0.243 e. The molecule has 0 aromatic carbocycles. The zero-order chi connectivity index (χ0) is 16.4. The van der Waals surface area contributed by atoms with Crippen LogP contribution in [0.15, 0.2) is 27.8 Å². The number of amides is 1. The van der Waals surface area contributed by atoms with Gasteiger partial charge in [-0.1, -0.05) is 13.8 Å². The lowest BCUT2D eigenvalue weighted by molar-refractivity contribution is -0.127. The van der Waals surface area contributed by atoms with Gasteiger partial charge in [-0.15, -0.1) is 0 Å². The molecule has 1 aromatic rings. The molecule has 0 unspecified atom stereocenters. The first kappa shape index (κ1) is 18.1. The molecule has 0 fully saturated rings. The van der Waals surface area contributed by atoms with Crippen LogP contribution in [0.5, 0.6) is 0 Å². The number of hydrogen-bond acceptors (Lipinski definition) is 3. The molecule has 0 radical (unpaired) electrons. The fourth-order valence-electron chi connectivity index (χ4n) is 1.70. The van der Waals surface area contributed by atoms with Crippen LogP contribution in [0.4, 0.5) is 0 Å². The molecule has 0 aliphatic rings. The van der Waals surface area contributed by atoms with Crippen molar-refractivity contribution in [3.05, 3.63) is 24.2 Å². The van der Waals surface area contributed by atoms with Crippen molar-refractivity contribution in [2.75, 3.05) is 33.7 Å². The Morgan fingerprint density at radius 2 is 2.05 bits per heavy atom. The van der Waals surface area contributed by atoms with Crippen molar-refractivity contribution >= 4 is 11.9 Å². The van der Waals surface area contributed by atoms with Gasteiger partial charge in [0.25, 0.3) is 0 Å². The fraction of sp³-hybridized carbons (Fsp3) is 0.625. The van der Waals surface area contributed by atoms with Gasteiger partial charge in [0.15, 0.2) is 5.96 Å². The molecular formula is C16H28N4O2. The highest BCUT2D eigenvalue weighted by Gasteiger charge is 2.05. The lowest BCUT2D eigenvalue weighted by atomic mass is 10.1. The summed E-state index contributed by atoms with van der Waals surface area (Å²) < 4.78 is 5.30. The SMILES string of the molecule is CC(C)CCNC(=NCC(=O)N(C)C)NCCc1ccco1. The van der Waals surface area contributed by atoms with Gasteiger partial charge in [-0.05, 0) is 24.5 Å². The third-order valence-corrected chi connectivity index (χ3v) is 3.13. The second-order valence-electron chi connectivity index (χ2n) is 5.82. The number of carbonyl (C=O) groups is 1. The summed E-state index contributed by atoms with van der Waals surface area (Å²) in [6.07, 6.45) is 3.50. The van der Waals surface area contributed by atoms with Crippen molar-refractivity contribution in [2.24, 2.45) is 10.9 Å². The summed E-state index contributed by atoms with van der Waals surface area (Å²) in [4.78, 5) is 17.5. The van der Waals surface area contributed by atoms with Gasteiger partial charge in [-0.2, -0.15) is 0 Å². The molecule has 1 aromatic heterocycles. The summed E-state index contributed by atoms with van der Waals surface area (Å²) in [5, 5.41) is 6.50. The second-order valence-corrected chi connectivity index (χ2v) is 5.82. The molecule has 1 heterocycles. The van der Waals surface area contributed by atoms with Crippen LogP contribution in [0.1, 0.15) is 26.0 Å². The van der Waals surface area contributed by atoms with Crippen LogP contribution in [-0.4, -0.2) is 50.5 Å². The molecule has 0 saturated heterocycles.